The summed E-state index contributed by atoms with van der Waals surface area (Å²) in [4.78, 5) is 37.5. The van der Waals surface area contributed by atoms with Gasteiger partial charge in [0.25, 0.3) is 11.8 Å². The van der Waals surface area contributed by atoms with Crippen LogP contribution in [0.2, 0.25) is 0 Å². The first-order valence-electron chi connectivity index (χ1n) is 8.63. The number of nitrogens with two attached hydrogens (primary N) is 1. The van der Waals surface area contributed by atoms with Crippen LogP contribution in [0.25, 0.3) is 10.9 Å². The molecule has 0 saturated carbocycles. The third kappa shape index (κ3) is 3.25. The van der Waals surface area contributed by atoms with Gasteiger partial charge in [0.2, 0.25) is 5.91 Å². The Hall–Kier alpha value is -3.88. The third-order valence-electron chi connectivity index (χ3n) is 4.45. The minimum absolute atomic E-state index is 0.0499. The first-order chi connectivity index (χ1) is 13.5. The zero-order valence-corrected chi connectivity index (χ0v) is 14.8. The fourth-order valence-electron chi connectivity index (χ4n) is 3.12. The summed E-state index contributed by atoms with van der Waals surface area (Å²) in [6.07, 6.45) is 0.103. The molecule has 1 aromatic heterocycles. The second-order valence-electron chi connectivity index (χ2n) is 6.30. The topological polar surface area (TPSA) is 130 Å². The van der Waals surface area contributed by atoms with Gasteiger partial charge in [-0.25, -0.2) is 0 Å². The van der Waals surface area contributed by atoms with Gasteiger partial charge in [0, 0.05) is 24.0 Å². The van der Waals surface area contributed by atoms with Crippen molar-refractivity contribution >= 4 is 40.0 Å². The predicted molar refractivity (Wildman–Crippen MR) is 102 cm³/mol. The van der Waals surface area contributed by atoms with Crippen LogP contribution in [-0.2, 0) is 9.59 Å². The summed E-state index contributed by atoms with van der Waals surface area (Å²) < 4.78 is 5.39. The van der Waals surface area contributed by atoms with Crippen molar-refractivity contribution in [2.75, 3.05) is 23.4 Å². The first-order valence-corrected chi connectivity index (χ1v) is 8.63. The number of carbonyl (C=O) groups is 3. The van der Waals surface area contributed by atoms with E-state index in [4.69, 9.17) is 10.5 Å². The van der Waals surface area contributed by atoms with Gasteiger partial charge in [-0.2, -0.15) is 5.10 Å². The van der Waals surface area contributed by atoms with E-state index < -0.39 is 5.91 Å². The molecule has 0 spiro atoms. The van der Waals surface area contributed by atoms with Gasteiger partial charge in [-0.1, -0.05) is 12.1 Å². The molecule has 0 saturated heterocycles. The van der Waals surface area contributed by atoms with Crippen molar-refractivity contribution < 1.29 is 19.1 Å². The van der Waals surface area contributed by atoms with Gasteiger partial charge < -0.3 is 20.7 Å². The molecule has 0 unspecified atom stereocenters. The third-order valence-corrected chi connectivity index (χ3v) is 4.45. The van der Waals surface area contributed by atoms with E-state index in [2.05, 4.69) is 15.5 Å². The van der Waals surface area contributed by atoms with Crippen molar-refractivity contribution in [1.29, 1.82) is 0 Å². The van der Waals surface area contributed by atoms with Crippen molar-refractivity contribution in [3.05, 3.63) is 48.2 Å². The van der Waals surface area contributed by atoms with Crippen molar-refractivity contribution in [2.45, 2.75) is 6.42 Å². The van der Waals surface area contributed by atoms with Crippen LogP contribution in [0.15, 0.2) is 42.5 Å². The first kappa shape index (κ1) is 17.5. The SMILES string of the molecule is NC(=O)c1n[nH]c2ccc(NC(=O)CCN3C(=O)COc4ccccc43)cc12. The van der Waals surface area contributed by atoms with Crippen molar-refractivity contribution in [2.24, 2.45) is 5.73 Å². The van der Waals surface area contributed by atoms with Crippen LogP contribution in [0, 0.1) is 0 Å². The number of amides is 3. The lowest BCUT2D eigenvalue weighted by Crippen LogP contribution is -2.40. The molecule has 4 N–H and O–H groups in total. The number of anilines is 2. The Kier molecular flexibility index (Phi) is 4.40. The zero-order valence-electron chi connectivity index (χ0n) is 14.8. The number of primary amides is 1. The molecule has 0 aliphatic carbocycles. The molecule has 2 heterocycles. The van der Waals surface area contributed by atoms with E-state index in [1.807, 2.05) is 12.1 Å². The maximum absolute atomic E-state index is 12.4. The Labute approximate surface area is 159 Å². The second kappa shape index (κ2) is 7.03. The average molecular weight is 379 g/mol. The Bertz CT molecular complexity index is 1090. The highest BCUT2D eigenvalue weighted by Gasteiger charge is 2.25. The van der Waals surface area contributed by atoms with E-state index in [9.17, 15) is 14.4 Å². The number of ether oxygens (including phenoxy) is 1. The van der Waals surface area contributed by atoms with E-state index in [1.165, 1.54) is 0 Å². The molecule has 2 aromatic carbocycles. The number of nitrogens with one attached hydrogen (secondary N) is 2. The smallest absolute Gasteiger partial charge is 0.269 e. The Balaban J connectivity index is 1.45. The Morgan fingerprint density at radius 1 is 1.25 bits per heavy atom. The predicted octanol–water partition coefficient (Wildman–Crippen LogP) is 1.42. The number of rotatable bonds is 5. The summed E-state index contributed by atoms with van der Waals surface area (Å²) in [6, 6.07) is 12.2. The highest BCUT2D eigenvalue weighted by atomic mass is 16.5. The summed E-state index contributed by atoms with van der Waals surface area (Å²) in [7, 11) is 0. The molecule has 0 radical (unpaired) electrons. The van der Waals surface area contributed by atoms with Crippen molar-refractivity contribution in [3.63, 3.8) is 0 Å². The lowest BCUT2D eigenvalue weighted by molar-refractivity contribution is -0.121. The largest absolute Gasteiger partial charge is 0.482 e. The maximum Gasteiger partial charge on any atom is 0.269 e. The van der Waals surface area contributed by atoms with Gasteiger partial charge in [0.05, 0.1) is 11.2 Å². The van der Waals surface area contributed by atoms with E-state index in [0.29, 0.717) is 28.0 Å². The van der Waals surface area contributed by atoms with Gasteiger partial charge in [0.15, 0.2) is 12.3 Å². The highest BCUT2D eigenvalue weighted by Crippen LogP contribution is 2.31. The molecule has 1 aliphatic rings. The molecule has 4 rings (SSSR count). The van der Waals surface area contributed by atoms with Crippen LogP contribution in [-0.4, -0.2) is 41.1 Å². The number of nitrogens with zero attached hydrogens (tertiary/aromatic N) is 2. The maximum atomic E-state index is 12.4. The monoisotopic (exact) mass is 379 g/mol. The number of carbonyl (C=O) groups excluding carboxylic acids is 3. The summed E-state index contributed by atoms with van der Waals surface area (Å²) in [5, 5.41) is 9.88. The zero-order chi connectivity index (χ0) is 19.7. The van der Waals surface area contributed by atoms with Crippen LogP contribution in [0.3, 0.4) is 0 Å². The fourth-order valence-corrected chi connectivity index (χ4v) is 3.12. The van der Waals surface area contributed by atoms with Crippen LogP contribution in [0.1, 0.15) is 16.9 Å². The van der Waals surface area contributed by atoms with Crippen LogP contribution < -0.4 is 20.7 Å². The van der Waals surface area contributed by atoms with E-state index >= 15 is 0 Å². The van der Waals surface area contributed by atoms with E-state index in [0.717, 1.165) is 0 Å². The second-order valence-corrected chi connectivity index (χ2v) is 6.30. The number of H-pyrrole nitrogens is 1. The van der Waals surface area contributed by atoms with Crippen LogP contribution in [0.5, 0.6) is 5.75 Å². The van der Waals surface area contributed by atoms with Gasteiger partial charge >= 0.3 is 0 Å². The molecule has 1 aliphatic heterocycles. The summed E-state index contributed by atoms with van der Waals surface area (Å²) >= 11 is 0. The van der Waals surface area contributed by atoms with Gasteiger partial charge in [-0.05, 0) is 30.3 Å². The molecule has 3 amide bonds. The van der Waals surface area contributed by atoms with Crippen molar-refractivity contribution in [3.8, 4) is 5.75 Å². The molecule has 0 bridgehead atoms. The van der Waals surface area contributed by atoms with Crippen LogP contribution >= 0.6 is 0 Å². The number of benzene rings is 2. The summed E-state index contributed by atoms with van der Waals surface area (Å²) in [6.45, 7) is 0.178. The molecule has 9 heteroatoms. The Morgan fingerprint density at radius 3 is 2.89 bits per heavy atom. The Morgan fingerprint density at radius 2 is 2.07 bits per heavy atom. The molecule has 9 nitrogen and oxygen atoms in total. The number of hydrogen-bond donors (Lipinski definition) is 3. The molecule has 142 valence electrons. The lowest BCUT2D eigenvalue weighted by Gasteiger charge is -2.29. The standard InChI is InChI=1S/C19H17N5O4/c20-19(27)18-12-9-11(5-6-13(12)22-23-18)21-16(25)7-8-24-14-3-1-2-4-15(14)28-10-17(24)26/h1-6,9H,7-8,10H2,(H2,20,27)(H,21,25)(H,22,23). The van der Waals surface area contributed by atoms with Gasteiger partial charge in [-0.15, -0.1) is 0 Å². The lowest BCUT2D eigenvalue weighted by atomic mass is 10.1. The number of hydrogen-bond acceptors (Lipinski definition) is 5. The molecule has 3 aromatic rings. The molecular weight excluding hydrogens is 362 g/mol. The number of aromatic amines is 1. The molecular formula is C19H17N5O4. The minimum Gasteiger partial charge on any atom is -0.482 e. The highest BCUT2D eigenvalue weighted by molar-refractivity contribution is 6.05. The molecule has 0 atom stereocenters. The molecule has 28 heavy (non-hydrogen) atoms. The summed E-state index contributed by atoms with van der Waals surface area (Å²) in [5.74, 6) is -0.497. The summed E-state index contributed by atoms with van der Waals surface area (Å²) in [5.41, 5.74) is 7.21. The number of para-hydroxylation sites is 2. The minimum atomic E-state index is -0.653. The number of aromatic nitrogens is 2. The normalized spacial score (nSPS) is 13.1. The fraction of sp³-hybridized carbons (Fsp3) is 0.158. The van der Waals surface area contributed by atoms with E-state index in [1.54, 1.807) is 35.2 Å². The van der Waals surface area contributed by atoms with Crippen molar-refractivity contribution in [1.82, 2.24) is 10.2 Å². The van der Waals surface area contributed by atoms with Gasteiger partial charge in [0.1, 0.15) is 5.75 Å². The molecule has 0 fully saturated rings. The van der Waals surface area contributed by atoms with E-state index in [-0.39, 0.29) is 37.1 Å². The average Bonchev–Trinajstić information content (AvgIpc) is 3.10. The number of fused-ring (bicyclic) bond motifs is 2. The quantitative estimate of drug-likeness (QED) is 0.617. The van der Waals surface area contributed by atoms with Gasteiger partial charge in [-0.3, -0.25) is 19.5 Å². The van der Waals surface area contributed by atoms with Crippen LogP contribution in [0.4, 0.5) is 11.4 Å².